The highest BCUT2D eigenvalue weighted by molar-refractivity contribution is 5.92. The van der Waals surface area contributed by atoms with Gasteiger partial charge in [0.2, 0.25) is 5.91 Å². The number of carbonyl (C=O) groups is 1. The SMILES string of the molecule is CN1CCC[C@@H]1c1cc2cnc(NC(=O)CCCCCCN)cc2[nH]1.Cl.Cl. The standard InChI is InChI=1S/C19H29N5O.2ClH/c1-24-10-6-7-17(24)16-11-14-13-21-18(12-15(14)22-16)23-19(25)8-4-2-3-5-9-20;;/h11-13,17,22H,2-10,20H2,1H3,(H,21,23,25);2*1H/t17-;;/m1../s1. The third-order valence-corrected chi connectivity index (χ3v) is 5.03. The monoisotopic (exact) mass is 415 g/mol. The topological polar surface area (TPSA) is 87.0 Å². The van der Waals surface area contributed by atoms with Crippen LogP contribution < -0.4 is 11.1 Å². The second-order valence-corrected chi connectivity index (χ2v) is 7.02. The average molecular weight is 416 g/mol. The molecule has 2 aromatic rings. The summed E-state index contributed by atoms with van der Waals surface area (Å²) in [6.45, 7) is 1.87. The maximum Gasteiger partial charge on any atom is 0.225 e. The summed E-state index contributed by atoms with van der Waals surface area (Å²) in [6.07, 6.45) is 8.86. The first kappa shape index (κ1) is 23.7. The number of rotatable bonds is 8. The molecule has 4 N–H and O–H groups in total. The summed E-state index contributed by atoms with van der Waals surface area (Å²) in [5.74, 6) is 0.648. The molecule has 152 valence electrons. The minimum Gasteiger partial charge on any atom is -0.357 e. The number of halogens is 2. The molecular weight excluding hydrogens is 385 g/mol. The molecule has 1 amide bonds. The van der Waals surface area contributed by atoms with Crippen molar-refractivity contribution in [2.45, 2.75) is 51.0 Å². The number of nitrogens with two attached hydrogens (primary N) is 1. The van der Waals surface area contributed by atoms with Crippen molar-refractivity contribution >= 4 is 47.4 Å². The molecular formula is C19H31Cl2N5O. The molecule has 0 aromatic carbocycles. The number of carbonyl (C=O) groups excluding carboxylic acids is 1. The molecule has 0 radical (unpaired) electrons. The van der Waals surface area contributed by atoms with Gasteiger partial charge in [0, 0.05) is 35.8 Å². The van der Waals surface area contributed by atoms with Crippen LogP contribution in [-0.2, 0) is 4.79 Å². The number of anilines is 1. The number of aromatic amines is 1. The lowest BCUT2D eigenvalue weighted by Gasteiger charge is -2.17. The lowest BCUT2D eigenvalue weighted by molar-refractivity contribution is -0.116. The Balaban J connectivity index is 0.00000182. The zero-order valence-corrected chi connectivity index (χ0v) is 17.5. The third kappa shape index (κ3) is 6.35. The van der Waals surface area contributed by atoms with Crippen molar-refractivity contribution in [3.8, 4) is 0 Å². The van der Waals surface area contributed by atoms with E-state index in [1.54, 1.807) is 0 Å². The number of fused-ring (bicyclic) bond motifs is 1. The Labute approximate surface area is 173 Å². The maximum atomic E-state index is 12.0. The van der Waals surface area contributed by atoms with Gasteiger partial charge in [-0.2, -0.15) is 0 Å². The molecule has 0 saturated carbocycles. The number of pyridine rings is 1. The number of hydrogen-bond acceptors (Lipinski definition) is 4. The molecule has 1 saturated heterocycles. The average Bonchev–Trinajstić information content (AvgIpc) is 3.19. The van der Waals surface area contributed by atoms with Crippen LogP contribution in [0.15, 0.2) is 18.3 Å². The van der Waals surface area contributed by atoms with E-state index in [1.165, 1.54) is 18.5 Å². The van der Waals surface area contributed by atoms with Crippen molar-refractivity contribution < 1.29 is 4.79 Å². The molecule has 1 atom stereocenters. The Morgan fingerprint density at radius 2 is 2.07 bits per heavy atom. The molecule has 3 rings (SSSR count). The number of nitrogens with one attached hydrogen (secondary N) is 2. The van der Waals surface area contributed by atoms with Crippen molar-refractivity contribution in [1.82, 2.24) is 14.9 Å². The molecule has 1 fully saturated rings. The number of H-pyrrole nitrogens is 1. The number of unbranched alkanes of at least 4 members (excludes halogenated alkanes) is 3. The Kier molecular flexibility index (Phi) is 10.1. The number of likely N-dealkylation sites (tertiary alicyclic amines) is 1. The van der Waals surface area contributed by atoms with Crippen LogP contribution in [0.1, 0.15) is 56.7 Å². The molecule has 8 heteroatoms. The predicted molar refractivity (Wildman–Crippen MR) is 116 cm³/mol. The quantitative estimate of drug-likeness (QED) is 0.568. The highest BCUT2D eigenvalue weighted by Crippen LogP contribution is 2.31. The van der Waals surface area contributed by atoms with Gasteiger partial charge in [0.1, 0.15) is 5.82 Å². The Morgan fingerprint density at radius 1 is 1.30 bits per heavy atom. The summed E-state index contributed by atoms with van der Waals surface area (Å²) in [5, 5.41) is 4.00. The van der Waals surface area contributed by atoms with Crippen LogP contribution >= 0.6 is 24.8 Å². The van der Waals surface area contributed by atoms with Gasteiger partial charge in [-0.15, -0.1) is 24.8 Å². The van der Waals surface area contributed by atoms with Gasteiger partial charge in [-0.25, -0.2) is 4.98 Å². The molecule has 6 nitrogen and oxygen atoms in total. The van der Waals surface area contributed by atoms with Gasteiger partial charge in [0.25, 0.3) is 0 Å². The molecule has 0 spiro atoms. The smallest absolute Gasteiger partial charge is 0.225 e. The third-order valence-electron chi connectivity index (χ3n) is 5.03. The summed E-state index contributed by atoms with van der Waals surface area (Å²) in [6, 6.07) is 4.57. The van der Waals surface area contributed by atoms with Crippen LogP contribution in [0.3, 0.4) is 0 Å². The van der Waals surface area contributed by atoms with E-state index in [1.807, 2.05) is 12.3 Å². The number of aromatic nitrogens is 2. The maximum absolute atomic E-state index is 12.0. The highest BCUT2D eigenvalue weighted by Gasteiger charge is 2.24. The molecule has 1 aliphatic heterocycles. The van der Waals surface area contributed by atoms with Crippen molar-refractivity contribution in [1.29, 1.82) is 0 Å². The normalized spacial score (nSPS) is 16.7. The summed E-state index contributed by atoms with van der Waals surface area (Å²) >= 11 is 0. The van der Waals surface area contributed by atoms with Crippen LogP contribution in [0.25, 0.3) is 10.9 Å². The fourth-order valence-electron chi connectivity index (χ4n) is 3.59. The molecule has 3 heterocycles. The van der Waals surface area contributed by atoms with E-state index in [-0.39, 0.29) is 30.7 Å². The van der Waals surface area contributed by atoms with Gasteiger partial charge in [-0.1, -0.05) is 12.8 Å². The Hall–Kier alpha value is -1.34. The van der Waals surface area contributed by atoms with E-state index in [0.717, 1.165) is 49.7 Å². The Morgan fingerprint density at radius 3 is 2.78 bits per heavy atom. The van der Waals surface area contributed by atoms with E-state index < -0.39 is 0 Å². The van der Waals surface area contributed by atoms with E-state index in [4.69, 9.17) is 5.73 Å². The molecule has 0 bridgehead atoms. The molecule has 0 unspecified atom stereocenters. The van der Waals surface area contributed by atoms with Crippen LogP contribution in [0.2, 0.25) is 0 Å². The Bertz CT molecular complexity index is 721. The lowest BCUT2D eigenvalue weighted by Crippen LogP contribution is -2.17. The summed E-state index contributed by atoms with van der Waals surface area (Å²) in [4.78, 5) is 22.3. The van der Waals surface area contributed by atoms with E-state index in [0.29, 0.717) is 18.3 Å². The van der Waals surface area contributed by atoms with Crippen molar-refractivity contribution in [2.24, 2.45) is 5.73 Å². The van der Waals surface area contributed by atoms with Crippen LogP contribution in [-0.4, -0.2) is 40.9 Å². The summed E-state index contributed by atoms with van der Waals surface area (Å²) in [7, 11) is 2.17. The minimum atomic E-state index is 0. The highest BCUT2D eigenvalue weighted by atomic mass is 35.5. The van der Waals surface area contributed by atoms with E-state index >= 15 is 0 Å². The van der Waals surface area contributed by atoms with Gasteiger partial charge in [-0.3, -0.25) is 9.69 Å². The zero-order valence-electron chi connectivity index (χ0n) is 15.9. The van der Waals surface area contributed by atoms with Crippen molar-refractivity contribution in [3.05, 3.63) is 24.0 Å². The number of amides is 1. The van der Waals surface area contributed by atoms with Gasteiger partial charge < -0.3 is 16.0 Å². The van der Waals surface area contributed by atoms with E-state index in [9.17, 15) is 4.79 Å². The van der Waals surface area contributed by atoms with E-state index in [2.05, 4.69) is 33.3 Å². The molecule has 0 aliphatic carbocycles. The van der Waals surface area contributed by atoms with Crippen LogP contribution in [0.4, 0.5) is 5.82 Å². The zero-order chi connectivity index (χ0) is 17.6. The molecule has 2 aromatic heterocycles. The molecule has 1 aliphatic rings. The number of nitrogens with zero attached hydrogens (tertiary/aromatic N) is 2. The van der Waals surface area contributed by atoms with Gasteiger partial charge in [0.15, 0.2) is 0 Å². The largest absolute Gasteiger partial charge is 0.357 e. The first-order chi connectivity index (χ1) is 12.2. The minimum absolute atomic E-state index is 0. The first-order valence-electron chi connectivity index (χ1n) is 9.36. The van der Waals surface area contributed by atoms with Crippen molar-refractivity contribution in [2.75, 3.05) is 25.5 Å². The summed E-state index contributed by atoms with van der Waals surface area (Å²) < 4.78 is 0. The lowest BCUT2D eigenvalue weighted by atomic mass is 10.1. The fourth-order valence-corrected chi connectivity index (χ4v) is 3.59. The van der Waals surface area contributed by atoms with Gasteiger partial charge in [-0.05, 0) is 51.9 Å². The fraction of sp³-hybridized carbons (Fsp3) is 0.579. The van der Waals surface area contributed by atoms with Gasteiger partial charge >= 0.3 is 0 Å². The van der Waals surface area contributed by atoms with Crippen LogP contribution in [0.5, 0.6) is 0 Å². The van der Waals surface area contributed by atoms with Crippen molar-refractivity contribution in [3.63, 3.8) is 0 Å². The second kappa shape index (κ2) is 11.5. The second-order valence-electron chi connectivity index (χ2n) is 7.02. The van der Waals surface area contributed by atoms with Crippen LogP contribution in [0, 0.1) is 0 Å². The summed E-state index contributed by atoms with van der Waals surface area (Å²) in [5.41, 5.74) is 7.74. The number of hydrogen-bond donors (Lipinski definition) is 3. The van der Waals surface area contributed by atoms with Gasteiger partial charge in [0.05, 0.1) is 5.52 Å². The predicted octanol–water partition coefficient (Wildman–Crippen LogP) is 4.02. The molecule has 27 heavy (non-hydrogen) atoms. The first-order valence-corrected chi connectivity index (χ1v) is 9.36.